The fourth-order valence-corrected chi connectivity index (χ4v) is 3.77. The number of ether oxygens (including phenoxy) is 3. The molecule has 0 saturated heterocycles. The number of aromatic nitrogens is 1. The summed E-state index contributed by atoms with van der Waals surface area (Å²) in [6.45, 7) is 2.17. The normalized spacial score (nSPS) is 14.1. The van der Waals surface area contributed by atoms with E-state index in [2.05, 4.69) is 10.9 Å². The number of rotatable bonds is 4. The van der Waals surface area contributed by atoms with E-state index in [0.29, 0.717) is 28.6 Å². The molecule has 1 atom stereocenters. The largest absolute Gasteiger partial charge is 0.481 e. The van der Waals surface area contributed by atoms with Gasteiger partial charge in [0.15, 0.2) is 22.4 Å². The fraction of sp³-hybridized carbons (Fsp3) is 0.200. The summed E-state index contributed by atoms with van der Waals surface area (Å²) in [5.74, 6) is 4.18. The Bertz CT molecular complexity index is 1110. The van der Waals surface area contributed by atoms with Crippen molar-refractivity contribution in [1.82, 2.24) is 4.57 Å². The zero-order chi connectivity index (χ0) is 18.8. The van der Waals surface area contributed by atoms with Gasteiger partial charge in [-0.05, 0) is 19.1 Å². The Hall–Kier alpha value is -3.24. The lowest BCUT2D eigenvalue weighted by atomic mass is 10.3. The molecule has 6 nitrogen and oxygen atoms in total. The van der Waals surface area contributed by atoms with Crippen LogP contribution in [-0.2, 0) is 11.3 Å². The molecule has 136 valence electrons. The van der Waals surface area contributed by atoms with Crippen molar-refractivity contribution >= 4 is 27.5 Å². The third kappa shape index (κ3) is 3.39. The maximum Gasteiger partial charge on any atom is 0.289 e. The van der Waals surface area contributed by atoms with Crippen LogP contribution in [-0.4, -0.2) is 23.4 Å². The van der Waals surface area contributed by atoms with Crippen LogP contribution in [0.15, 0.2) is 47.5 Å². The molecule has 1 unspecified atom stereocenters. The minimum Gasteiger partial charge on any atom is -0.481 e. The number of amides is 1. The van der Waals surface area contributed by atoms with Crippen molar-refractivity contribution in [3.8, 4) is 29.6 Å². The predicted molar refractivity (Wildman–Crippen MR) is 102 cm³/mol. The Kier molecular flexibility index (Phi) is 4.57. The minimum absolute atomic E-state index is 0.200. The molecule has 3 aromatic rings. The molecule has 0 N–H and O–H groups in total. The molecule has 27 heavy (non-hydrogen) atoms. The van der Waals surface area contributed by atoms with Gasteiger partial charge < -0.3 is 18.8 Å². The average Bonchev–Trinajstić information content (AvgIpc) is 3.25. The number of hydrogen-bond acceptors (Lipinski definition) is 5. The van der Waals surface area contributed by atoms with Gasteiger partial charge in [-0.15, -0.1) is 6.42 Å². The second-order valence-electron chi connectivity index (χ2n) is 5.87. The van der Waals surface area contributed by atoms with Crippen LogP contribution in [0.5, 0.6) is 17.2 Å². The van der Waals surface area contributed by atoms with E-state index in [4.69, 9.17) is 20.6 Å². The predicted octanol–water partition coefficient (Wildman–Crippen LogP) is 2.96. The summed E-state index contributed by atoms with van der Waals surface area (Å²) in [6.07, 6.45) is 4.80. The van der Waals surface area contributed by atoms with E-state index in [-0.39, 0.29) is 12.7 Å². The topological polar surface area (TPSA) is 62.1 Å². The Morgan fingerprint density at radius 3 is 2.81 bits per heavy atom. The van der Waals surface area contributed by atoms with E-state index in [0.717, 1.165) is 10.2 Å². The first-order valence-electron chi connectivity index (χ1n) is 8.32. The molecule has 4 rings (SSSR count). The molecule has 0 aliphatic carbocycles. The Labute approximate surface area is 159 Å². The molecule has 1 aliphatic rings. The lowest BCUT2D eigenvalue weighted by Gasteiger charge is -2.10. The number of thiazole rings is 1. The van der Waals surface area contributed by atoms with Crippen molar-refractivity contribution in [3.05, 3.63) is 47.3 Å². The Morgan fingerprint density at radius 2 is 2.07 bits per heavy atom. The Balaban J connectivity index is 1.70. The molecule has 1 amide bonds. The van der Waals surface area contributed by atoms with Crippen molar-refractivity contribution in [2.45, 2.75) is 19.6 Å². The summed E-state index contributed by atoms with van der Waals surface area (Å²) < 4.78 is 19.2. The molecule has 0 saturated carbocycles. The second-order valence-corrected chi connectivity index (χ2v) is 6.88. The molecule has 0 spiro atoms. The third-order valence-corrected chi connectivity index (χ3v) is 5.08. The molecule has 7 heteroatoms. The van der Waals surface area contributed by atoms with Crippen LogP contribution >= 0.6 is 11.3 Å². The van der Waals surface area contributed by atoms with Crippen LogP contribution < -0.4 is 19.0 Å². The quantitative estimate of drug-likeness (QED) is 0.653. The van der Waals surface area contributed by atoms with Crippen molar-refractivity contribution in [1.29, 1.82) is 0 Å². The molecule has 0 radical (unpaired) electrons. The van der Waals surface area contributed by atoms with Crippen LogP contribution in [0.25, 0.3) is 10.2 Å². The number of hydrogen-bond donors (Lipinski definition) is 0. The molecular formula is C20H16N2O4S. The third-order valence-electron chi connectivity index (χ3n) is 4.04. The molecule has 2 heterocycles. The van der Waals surface area contributed by atoms with Crippen molar-refractivity contribution < 1.29 is 19.0 Å². The molecule has 1 aliphatic heterocycles. The number of para-hydroxylation sites is 1. The average molecular weight is 380 g/mol. The standard InChI is InChI=1S/C20H16N2O4S/c1-3-9-22-15-10-16-17(25-12-24-16)11-18(15)27-20(22)21-19(23)13(2)26-14-7-5-4-6-8-14/h1,4-8,10-11,13H,9,12H2,2H3. The SMILES string of the molecule is C#CCn1c(=NC(=O)C(C)Oc2ccccc2)sc2cc3c(cc21)OCO3. The number of nitrogens with zero attached hydrogens (tertiary/aromatic N) is 2. The van der Waals surface area contributed by atoms with Crippen molar-refractivity contribution in [2.24, 2.45) is 4.99 Å². The first-order valence-corrected chi connectivity index (χ1v) is 9.14. The monoisotopic (exact) mass is 380 g/mol. The summed E-state index contributed by atoms with van der Waals surface area (Å²) in [4.78, 5) is 17.3. The number of carbonyl (C=O) groups excluding carboxylic acids is 1. The van der Waals surface area contributed by atoms with E-state index < -0.39 is 6.10 Å². The minimum atomic E-state index is -0.714. The lowest BCUT2D eigenvalue weighted by molar-refractivity contribution is -0.124. The zero-order valence-corrected chi connectivity index (χ0v) is 15.4. The summed E-state index contributed by atoms with van der Waals surface area (Å²) in [6, 6.07) is 12.9. The van der Waals surface area contributed by atoms with Gasteiger partial charge in [-0.3, -0.25) is 4.79 Å². The first-order chi connectivity index (χ1) is 13.2. The van der Waals surface area contributed by atoms with Crippen LogP contribution in [0.2, 0.25) is 0 Å². The van der Waals surface area contributed by atoms with Gasteiger partial charge >= 0.3 is 0 Å². The molecule has 0 fully saturated rings. The molecular weight excluding hydrogens is 364 g/mol. The van der Waals surface area contributed by atoms with Gasteiger partial charge in [0.25, 0.3) is 5.91 Å². The summed E-state index contributed by atoms with van der Waals surface area (Å²) in [5, 5.41) is 0. The number of carbonyl (C=O) groups is 1. The highest BCUT2D eigenvalue weighted by Gasteiger charge is 2.19. The molecule has 2 aromatic carbocycles. The van der Waals surface area contributed by atoms with Gasteiger partial charge in [0, 0.05) is 12.1 Å². The van der Waals surface area contributed by atoms with Crippen LogP contribution in [0.4, 0.5) is 0 Å². The number of benzene rings is 2. The van der Waals surface area contributed by atoms with Gasteiger partial charge in [-0.25, -0.2) is 0 Å². The Morgan fingerprint density at radius 1 is 1.33 bits per heavy atom. The molecule has 0 bridgehead atoms. The fourth-order valence-electron chi connectivity index (χ4n) is 2.73. The molecule has 1 aromatic heterocycles. The first kappa shape index (κ1) is 17.2. The zero-order valence-electron chi connectivity index (χ0n) is 14.5. The second kappa shape index (κ2) is 7.17. The van der Waals surface area contributed by atoms with E-state index >= 15 is 0 Å². The van der Waals surface area contributed by atoms with E-state index in [1.807, 2.05) is 34.9 Å². The maximum absolute atomic E-state index is 12.6. The van der Waals surface area contributed by atoms with Crippen LogP contribution in [0.1, 0.15) is 6.92 Å². The van der Waals surface area contributed by atoms with Gasteiger partial charge in [0.2, 0.25) is 6.79 Å². The highest BCUT2D eigenvalue weighted by atomic mass is 32.1. The maximum atomic E-state index is 12.6. The van der Waals surface area contributed by atoms with Gasteiger partial charge in [-0.2, -0.15) is 4.99 Å². The summed E-state index contributed by atoms with van der Waals surface area (Å²) >= 11 is 1.37. The number of fused-ring (bicyclic) bond motifs is 2. The smallest absolute Gasteiger partial charge is 0.289 e. The van der Waals surface area contributed by atoms with Crippen molar-refractivity contribution in [3.63, 3.8) is 0 Å². The van der Waals surface area contributed by atoms with E-state index in [1.54, 1.807) is 19.1 Å². The van der Waals surface area contributed by atoms with E-state index in [1.165, 1.54) is 11.3 Å². The van der Waals surface area contributed by atoms with Crippen LogP contribution in [0, 0.1) is 12.3 Å². The van der Waals surface area contributed by atoms with Gasteiger partial charge in [0.05, 0.1) is 16.8 Å². The van der Waals surface area contributed by atoms with Gasteiger partial charge in [0.1, 0.15) is 5.75 Å². The lowest BCUT2D eigenvalue weighted by Crippen LogP contribution is -2.26. The van der Waals surface area contributed by atoms with Crippen LogP contribution in [0.3, 0.4) is 0 Å². The van der Waals surface area contributed by atoms with E-state index in [9.17, 15) is 4.79 Å². The highest BCUT2D eigenvalue weighted by Crippen LogP contribution is 2.36. The van der Waals surface area contributed by atoms with Gasteiger partial charge in [-0.1, -0.05) is 35.5 Å². The summed E-state index contributed by atoms with van der Waals surface area (Å²) in [7, 11) is 0. The van der Waals surface area contributed by atoms with Crippen molar-refractivity contribution in [2.75, 3.05) is 6.79 Å². The highest BCUT2D eigenvalue weighted by molar-refractivity contribution is 7.16. The summed E-state index contributed by atoms with van der Waals surface area (Å²) in [5.41, 5.74) is 0.852. The number of terminal acetylenes is 1.